The molecule has 17 nitrogen and oxygen atoms in total. The minimum atomic E-state index is -4.02. The van der Waals surface area contributed by atoms with Gasteiger partial charge in [0.05, 0.1) is 65.2 Å². The normalized spacial score (nSPS) is 32.6. The molecule has 1 unspecified atom stereocenters. The van der Waals surface area contributed by atoms with Gasteiger partial charge in [-0.1, -0.05) is 85.6 Å². The Morgan fingerprint density at radius 1 is 0.592 bits per heavy atom. The summed E-state index contributed by atoms with van der Waals surface area (Å²) in [7, 11) is -3.90. The van der Waals surface area contributed by atoms with E-state index >= 15 is 0 Å². The van der Waals surface area contributed by atoms with Crippen LogP contribution in [-0.4, -0.2) is 115 Å². The second-order valence-electron chi connectivity index (χ2n) is 29.0. The third-order valence-corrected chi connectivity index (χ3v) is 27.7. The van der Waals surface area contributed by atoms with Crippen molar-refractivity contribution < 1.29 is 51.4 Å². The minimum Gasteiger partial charge on any atom is -0.490 e. The van der Waals surface area contributed by atoms with Crippen LogP contribution in [0, 0.1) is 35.5 Å². The number of carbonyl (C=O) groups excluding carboxylic acids is 2. The zero-order chi connectivity index (χ0) is 69.1. The molecule has 13 atom stereocenters. The number of aliphatic hydroxyl groups is 2. The quantitative estimate of drug-likeness (QED) is 0.0953. The number of halogens is 2. The number of nitrogens with one attached hydrogen (secondary N) is 2. The number of carbonyl (C=O) groups is 2. The van der Waals surface area contributed by atoms with Crippen molar-refractivity contribution in [2.45, 2.75) is 137 Å². The molecule has 2 aromatic heterocycles. The first-order valence-corrected chi connectivity index (χ1v) is 38.6. The molecule has 2 spiro atoms. The van der Waals surface area contributed by atoms with Gasteiger partial charge in [-0.05, 0) is 215 Å². The van der Waals surface area contributed by atoms with Gasteiger partial charge < -0.3 is 39.0 Å². The van der Waals surface area contributed by atoms with E-state index in [0.29, 0.717) is 97.5 Å². The molecule has 21 heteroatoms. The number of amides is 2. The average Bonchev–Trinajstić information content (AvgIpc) is 1.29. The monoisotopic (exact) mass is 1410 g/mol. The fourth-order valence-electron chi connectivity index (χ4n) is 16.7. The summed E-state index contributed by atoms with van der Waals surface area (Å²) in [5, 5.41) is 25.5. The number of hydrogen-bond acceptors (Lipinski definition) is 15. The lowest BCUT2D eigenvalue weighted by molar-refractivity contribution is -0.0534. The van der Waals surface area contributed by atoms with E-state index in [0.717, 1.165) is 80.6 Å². The van der Waals surface area contributed by atoms with E-state index in [1.165, 1.54) is 22.3 Å². The predicted octanol–water partition coefficient (Wildman–Crippen LogP) is 12.7. The molecule has 14 rings (SSSR count). The maximum absolute atomic E-state index is 13.9. The van der Waals surface area contributed by atoms with E-state index in [-0.39, 0.29) is 51.9 Å². The Morgan fingerprint density at radius 3 is 1.48 bits per heavy atom. The van der Waals surface area contributed by atoms with Crippen LogP contribution in [0.4, 0.5) is 11.4 Å². The lowest BCUT2D eigenvalue weighted by atomic mass is 9.63. The van der Waals surface area contributed by atoms with Crippen molar-refractivity contribution in [1.29, 1.82) is 0 Å². The second kappa shape index (κ2) is 27.4. The molecule has 0 radical (unpaired) electrons. The third kappa shape index (κ3) is 13.3. The highest BCUT2D eigenvalue weighted by Crippen LogP contribution is 2.53. The maximum atomic E-state index is 13.9. The van der Waals surface area contributed by atoms with Crippen LogP contribution in [-0.2, 0) is 54.6 Å². The number of anilines is 2. The van der Waals surface area contributed by atoms with Crippen LogP contribution in [0.1, 0.15) is 146 Å². The molecule has 4 bridgehead atoms. The van der Waals surface area contributed by atoms with Gasteiger partial charge in [0.1, 0.15) is 22.7 Å². The van der Waals surface area contributed by atoms with Crippen molar-refractivity contribution >= 4 is 72.0 Å². The van der Waals surface area contributed by atoms with Crippen LogP contribution in [0.2, 0.25) is 10.0 Å². The molecule has 2 amide bonds. The van der Waals surface area contributed by atoms with Crippen molar-refractivity contribution in [2.24, 2.45) is 35.5 Å². The van der Waals surface area contributed by atoms with Crippen molar-refractivity contribution in [3.05, 3.63) is 188 Å². The first-order chi connectivity index (χ1) is 46.8. The van der Waals surface area contributed by atoms with Gasteiger partial charge in [-0.3, -0.25) is 14.3 Å². The Kier molecular flexibility index (Phi) is 19.4. The van der Waals surface area contributed by atoms with Gasteiger partial charge >= 0.3 is 0 Å². The number of pyridine rings is 2. The predicted molar refractivity (Wildman–Crippen MR) is 386 cm³/mol. The Labute approximate surface area is 586 Å². The van der Waals surface area contributed by atoms with Gasteiger partial charge in [0.25, 0.3) is 11.8 Å². The number of benzene rings is 4. The van der Waals surface area contributed by atoms with Crippen LogP contribution in [0.3, 0.4) is 0 Å². The number of nitrogens with zero attached hydrogens (tertiary/aromatic N) is 4. The molecule has 4 N–H and O–H groups in total. The summed E-state index contributed by atoms with van der Waals surface area (Å²) >= 11 is 12.9. The van der Waals surface area contributed by atoms with Crippen LogP contribution in [0.5, 0.6) is 23.3 Å². The van der Waals surface area contributed by atoms with E-state index in [4.69, 9.17) is 47.1 Å². The number of ether oxygens (including phenoxy) is 4. The lowest BCUT2D eigenvalue weighted by Gasteiger charge is -2.49. The number of allylic oxidation sites excluding steroid dienone is 2. The Morgan fingerprint density at radius 2 is 1.04 bits per heavy atom. The maximum Gasteiger partial charge on any atom is 0.264 e. The van der Waals surface area contributed by atoms with Crippen LogP contribution in [0.15, 0.2) is 133 Å². The highest BCUT2D eigenvalue weighted by molar-refractivity contribution is 7.99. The number of sulfonamides is 1. The van der Waals surface area contributed by atoms with E-state index in [1.54, 1.807) is 63.6 Å². The Hall–Kier alpha value is -7.13. The van der Waals surface area contributed by atoms with Crippen molar-refractivity contribution in [1.82, 2.24) is 19.4 Å². The summed E-state index contributed by atoms with van der Waals surface area (Å²) in [6.07, 6.45) is 17.7. The van der Waals surface area contributed by atoms with Gasteiger partial charge in [0.2, 0.25) is 21.8 Å². The number of hydrogen-bond donors (Lipinski definition) is 4. The number of methoxy groups -OCH3 is 2. The molecule has 6 aromatic rings. The third-order valence-electron chi connectivity index (χ3n) is 23.1. The summed E-state index contributed by atoms with van der Waals surface area (Å²) in [4.78, 5) is 41.3. The molecule has 4 aliphatic heterocycles. The van der Waals surface area contributed by atoms with E-state index in [2.05, 4.69) is 54.4 Å². The standard InChI is InChI=1S/C39H46ClN3O5S.C38H44ClN3O6S/c1-25-8-6-19-39(45,35-10-5-11-36(41-35)47-3)32-15-12-29(32)22-43-23-38(18-7-9-27-20-30(40)14-16-31(27)38)24-48-34-17-13-28(21-33(34)43)37(44)42-49(4,46)26(25)2;1-24-7-5-18-38(44,34-9-4-10-35(40-34)47-3)31-14-11-28(31)21-42-22-37(17-6-8-26-19-29(39)13-15-30(26)37)23-48-33-16-12-27(20-32(33)42)36(43)41-49(45,46)25(24)2/h5-6,10-11,13-14,16-17,19-21,25-26,29,32,45H,4,7-9,12,15,18,22-24H2,1-3H3,(H,42,44,46);4-5,9-10,12-13,15-16,18-20,24-25,28,31,44H,6-8,11,14,17,21-23H2,1-3H3,(H,41,43)/b19-6+;18-5+/t25-,26+,29-,32+,38-,39+,49?;24-,25+,28-,31+,37-,38-/m00/s1. The summed E-state index contributed by atoms with van der Waals surface area (Å²) in [6.45, 7) is 10.8. The SMILES string of the molecule is C=S1(=O)NC(=O)c2ccc3c(c2)N(C[C@@H]2CC[C@H]2[C@@](O)(c2cccc(OC)n2)/C=C/C[C@H](C)[C@H]1C)C[C@@]1(CCCc2cc(Cl)ccc21)CO3.COc1cccc([C@]2(O)/C=C/C[C@H](C)[C@@H](C)S(=O)(=O)NC(=O)c3ccc4c(c3)N(C[C@@H]3CC[C@H]32)C[C@@]2(CCCc3cc(Cl)ccc32)CO4)n1. The van der Waals surface area contributed by atoms with Gasteiger partial charge in [-0.25, -0.2) is 27.3 Å². The molecule has 520 valence electrons. The Balaban J connectivity index is 0.000000176. The van der Waals surface area contributed by atoms with Crippen molar-refractivity contribution in [2.75, 3.05) is 63.4 Å². The smallest absolute Gasteiger partial charge is 0.264 e. The molecule has 4 aromatic carbocycles. The number of aromatic nitrogens is 2. The van der Waals surface area contributed by atoms with E-state index in [1.807, 2.05) is 87.5 Å². The highest BCUT2D eigenvalue weighted by atomic mass is 35.5. The molecular formula is C77H90Cl2N6O11S2. The summed E-state index contributed by atoms with van der Waals surface area (Å²) < 4.78 is 70.1. The molecule has 6 heterocycles. The molecular weight excluding hydrogens is 1320 g/mol. The topological polar surface area (TPSA) is 219 Å². The molecule has 4 aliphatic carbocycles. The first-order valence-electron chi connectivity index (χ1n) is 34.5. The largest absolute Gasteiger partial charge is 0.490 e. The molecule has 8 aliphatic rings. The fourth-order valence-corrected chi connectivity index (χ4v) is 19.8. The van der Waals surface area contributed by atoms with Crippen LogP contribution < -0.4 is 38.2 Å². The molecule has 2 saturated carbocycles. The van der Waals surface area contributed by atoms with E-state index < -0.39 is 53.2 Å². The van der Waals surface area contributed by atoms with Crippen molar-refractivity contribution in [3.63, 3.8) is 0 Å². The van der Waals surface area contributed by atoms with Gasteiger partial charge in [-0.15, -0.1) is 0 Å². The highest BCUT2D eigenvalue weighted by Gasteiger charge is 2.52. The molecule has 2 fully saturated rings. The summed E-state index contributed by atoms with van der Waals surface area (Å²) in [5.74, 6) is 4.61. The van der Waals surface area contributed by atoms with Crippen LogP contribution >= 0.6 is 23.2 Å². The second-order valence-corrected chi connectivity index (χ2v) is 34.3. The van der Waals surface area contributed by atoms with Crippen molar-refractivity contribution in [3.8, 4) is 23.3 Å². The number of fused-ring (bicyclic) bond motifs is 8. The minimum absolute atomic E-state index is 0.0843. The average molecular weight is 1410 g/mol. The molecule has 0 saturated heterocycles. The first kappa shape index (κ1) is 69.4. The van der Waals surface area contributed by atoms with Gasteiger partial charge in [-0.2, -0.15) is 0 Å². The summed E-state index contributed by atoms with van der Waals surface area (Å²) in [5.41, 5.74) is 4.81. The van der Waals surface area contributed by atoms with Gasteiger partial charge in [0.15, 0.2) is 0 Å². The van der Waals surface area contributed by atoms with E-state index in [9.17, 15) is 32.4 Å². The Bertz CT molecular complexity index is 4070. The molecule has 98 heavy (non-hydrogen) atoms. The van der Waals surface area contributed by atoms with Crippen LogP contribution in [0.25, 0.3) is 0 Å². The summed E-state index contributed by atoms with van der Waals surface area (Å²) in [6, 6.07) is 33.9. The zero-order valence-corrected chi connectivity index (χ0v) is 59.8. The fraction of sp³-hybridized carbons (Fsp3) is 0.468. The number of aryl methyl sites for hydroxylation is 2. The number of rotatable bonds is 4. The zero-order valence-electron chi connectivity index (χ0n) is 56.7. The van der Waals surface area contributed by atoms with Gasteiger partial charge in [0, 0.05) is 87.4 Å². The lowest BCUT2D eigenvalue weighted by Crippen LogP contribution is -2.51.